The van der Waals surface area contributed by atoms with Crippen LogP contribution in [0.2, 0.25) is 0 Å². The number of aryl methyl sites for hydroxylation is 1. The summed E-state index contributed by atoms with van der Waals surface area (Å²) in [4.78, 5) is 2.53. The van der Waals surface area contributed by atoms with E-state index in [1.54, 1.807) is 0 Å². The van der Waals surface area contributed by atoms with Crippen LogP contribution in [0.5, 0.6) is 23.0 Å². The van der Waals surface area contributed by atoms with Crippen LogP contribution in [-0.4, -0.2) is 32.1 Å². The quantitative estimate of drug-likeness (QED) is 0.161. The minimum absolute atomic E-state index is 0.851. The average molecular weight is 1050 g/mol. The monoisotopic (exact) mass is 1050 g/mol. The number of para-hydroxylation sites is 6. The molecular weight excluding hydrogens is 1010 g/mol. The molecule has 17 rings (SSSR count). The van der Waals surface area contributed by atoms with Gasteiger partial charge in [0.1, 0.15) is 0 Å². The summed E-state index contributed by atoms with van der Waals surface area (Å²) in [6.07, 6.45) is 0. The second kappa shape index (κ2) is 14.8. The van der Waals surface area contributed by atoms with Crippen LogP contribution in [0.1, 0.15) is 5.56 Å². The minimum atomic E-state index is -4.66. The van der Waals surface area contributed by atoms with Crippen molar-refractivity contribution in [2.45, 2.75) is 6.92 Å². The molecule has 6 nitrogen and oxygen atoms in total. The number of nitrogens with zero attached hydrogens (tertiary/aromatic N) is 4. The summed E-state index contributed by atoms with van der Waals surface area (Å²) in [6.45, 7) is 2.17. The molecular formula is C67H42N4O2Sn. The number of aromatic nitrogens is 3. The van der Waals surface area contributed by atoms with Crippen molar-refractivity contribution in [3.05, 3.63) is 242 Å². The summed E-state index contributed by atoms with van der Waals surface area (Å²) in [5.74, 6) is 3.48. The van der Waals surface area contributed by atoms with E-state index < -0.39 is 18.4 Å². The summed E-state index contributed by atoms with van der Waals surface area (Å²) in [5.41, 5.74) is 14.5. The first-order valence-electron chi connectivity index (χ1n) is 25.4. The zero-order chi connectivity index (χ0) is 48.4. The molecule has 3 aliphatic heterocycles. The molecule has 14 aromatic rings. The molecule has 0 unspecified atom stereocenters. The molecule has 0 saturated carbocycles. The first-order valence-corrected chi connectivity index (χ1v) is 31.1. The Kier molecular flexibility index (Phi) is 8.13. The van der Waals surface area contributed by atoms with Crippen LogP contribution in [0.15, 0.2) is 237 Å². The maximum absolute atomic E-state index is 7.72. The number of anilines is 3. The maximum atomic E-state index is 7.72. The molecule has 7 heteroatoms. The molecule has 0 atom stereocenters. The van der Waals surface area contributed by atoms with Crippen LogP contribution >= 0.6 is 0 Å². The fourth-order valence-electron chi connectivity index (χ4n) is 13.4. The first-order chi connectivity index (χ1) is 36.6. The standard InChI is InChI=1S/C61H37N4O2.C6H5.Sn/c1-39-26-28-40(29-27-39)62-41-30-43(63-56-20-8-2-14-50(56)51-15-3-9-21-57(51)63)34-46(32-41)66-48-36-45(65-60-24-12-6-18-54(60)55-19-7-13-25-61(55)65)37-49(38-48)67-47-33-42(62)31-44(35-47)64-58-22-10-4-16-52(58)53-17-5-11-23-59(53)64;1-2-4-6-5-3-1;/h2-31,34-37H,1H3;1-5H;. The Labute approximate surface area is 429 Å². The zero-order valence-corrected chi connectivity index (χ0v) is 43.0. The number of benzene rings is 11. The number of rotatable bonds is 5. The van der Waals surface area contributed by atoms with E-state index in [9.17, 15) is 0 Å². The van der Waals surface area contributed by atoms with Gasteiger partial charge in [-0.25, -0.2) is 0 Å². The van der Waals surface area contributed by atoms with E-state index in [1.807, 2.05) is 0 Å². The molecule has 0 N–H and O–H groups in total. The van der Waals surface area contributed by atoms with Crippen molar-refractivity contribution in [2.75, 3.05) is 4.90 Å². The van der Waals surface area contributed by atoms with E-state index >= 15 is 0 Å². The first kappa shape index (κ1) is 40.6. The van der Waals surface area contributed by atoms with Crippen molar-refractivity contribution in [3.63, 3.8) is 0 Å². The Bertz CT molecular complexity index is 4400. The molecule has 0 radical (unpaired) electrons. The van der Waals surface area contributed by atoms with Gasteiger partial charge in [-0.1, -0.05) is 0 Å². The summed E-state index contributed by atoms with van der Waals surface area (Å²) in [5, 5.41) is 7.27. The van der Waals surface area contributed by atoms with Gasteiger partial charge in [-0.15, -0.1) is 0 Å². The molecule has 0 saturated heterocycles. The molecule has 6 heterocycles. The Morgan fingerprint density at radius 1 is 0.297 bits per heavy atom. The fraction of sp³-hybridized carbons (Fsp3) is 0.0149. The van der Waals surface area contributed by atoms with Crippen LogP contribution in [0.25, 0.3) is 82.5 Å². The van der Waals surface area contributed by atoms with Crippen molar-refractivity contribution in [3.8, 4) is 40.1 Å². The molecule has 346 valence electrons. The molecule has 0 aliphatic carbocycles. The van der Waals surface area contributed by atoms with Crippen LogP contribution < -0.4 is 28.7 Å². The van der Waals surface area contributed by atoms with Crippen LogP contribution in [-0.2, 0) is 0 Å². The molecule has 11 aromatic carbocycles. The van der Waals surface area contributed by atoms with E-state index in [0.29, 0.717) is 0 Å². The Morgan fingerprint density at radius 2 is 0.608 bits per heavy atom. The molecule has 74 heavy (non-hydrogen) atoms. The van der Waals surface area contributed by atoms with Gasteiger partial charge in [0.15, 0.2) is 0 Å². The molecule has 3 aromatic heterocycles. The number of hydrogen-bond acceptors (Lipinski definition) is 3. The molecule has 0 amide bonds. The molecule has 3 aliphatic rings. The second-order valence-electron chi connectivity index (χ2n) is 20.1. The summed E-state index contributed by atoms with van der Waals surface area (Å²) >= 11 is -4.66. The SMILES string of the molecule is Cc1ccc(N2c3cc(-n4c5ccccc5c5ccccc54)cc4[c]3[Sn]3([c]5ccccc5)[c]5c(cc(-n6c7ccccc7c7ccccc76)cc5Oc5cc(-n6c7ccccc7c7ccccc76)cc2[c]53)O4)cc1. The van der Waals surface area contributed by atoms with Gasteiger partial charge in [-0.2, -0.15) is 0 Å². The topological polar surface area (TPSA) is 36.5 Å². The Hall–Kier alpha value is -8.98. The predicted octanol–water partition coefficient (Wildman–Crippen LogP) is 14.7. The van der Waals surface area contributed by atoms with Gasteiger partial charge in [0, 0.05) is 0 Å². The summed E-state index contributed by atoms with van der Waals surface area (Å²) in [7, 11) is 0. The van der Waals surface area contributed by atoms with Crippen LogP contribution in [0, 0.1) is 6.92 Å². The number of hydrogen-bond donors (Lipinski definition) is 0. The van der Waals surface area contributed by atoms with Crippen molar-refractivity contribution in [2.24, 2.45) is 0 Å². The van der Waals surface area contributed by atoms with Gasteiger partial charge >= 0.3 is 432 Å². The third-order valence-electron chi connectivity index (χ3n) is 16.2. The van der Waals surface area contributed by atoms with E-state index in [4.69, 9.17) is 9.47 Å². The predicted molar refractivity (Wildman–Crippen MR) is 306 cm³/mol. The third kappa shape index (κ3) is 5.24. The van der Waals surface area contributed by atoms with Crippen LogP contribution in [0.4, 0.5) is 17.1 Å². The van der Waals surface area contributed by atoms with Crippen molar-refractivity contribution >= 4 is 115 Å². The van der Waals surface area contributed by atoms with E-state index in [0.717, 1.165) is 90.2 Å². The van der Waals surface area contributed by atoms with Crippen molar-refractivity contribution < 1.29 is 9.47 Å². The van der Waals surface area contributed by atoms with Gasteiger partial charge < -0.3 is 0 Å². The van der Waals surface area contributed by atoms with Gasteiger partial charge in [-0.05, 0) is 0 Å². The number of ether oxygens (including phenoxy) is 2. The molecule has 0 bridgehead atoms. The Morgan fingerprint density at radius 3 is 0.973 bits per heavy atom. The van der Waals surface area contributed by atoms with E-state index in [1.165, 1.54) is 52.2 Å². The average Bonchev–Trinajstić information content (AvgIpc) is 4.13. The molecule has 0 fully saturated rings. The van der Waals surface area contributed by atoms with Gasteiger partial charge in [0.2, 0.25) is 0 Å². The Balaban J connectivity index is 1.06. The van der Waals surface area contributed by atoms with Crippen molar-refractivity contribution in [1.29, 1.82) is 0 Å². The second-order valence-corrected chi connectivity index (χ2v) is 30.3. The van der Waals surface area contributed by atoms with Crippen LogP contribution in [0.3, 0.4) is 0 Å². The summed E-state index contributed by atoms with van der Waals surface area (Å²) < 4.78 is 27.8. The third-order valence-corrected chi connectivity index (χ3v) is 30.4. The molecule has 0 spiro atoms. The summed E-state index contributed by atoms with van der Waals surface area (Å²) in [6, 6.07) is 87.3. The van der Waals surface area contributed by atoms with Gasteiger partial charge in [0.05, 0.1) is 0 Å². The van der Waals surface area contributed by atoms with E-state index in [2.05, 4.69) is 262 Å². The normalized spacial score (nSPS) is 13.8. The van der Waals surface area contributed by atoms with Gasteiger partial charge in [0.25, 0.3) is 0 Å². The van der Waals surface area contributed by atoms with Crippen molar-refractivity contribution in [1.82, 2.24) is 13.7 Å². The van der Waals surface area contributed by atoms with Gasteiger partial charge in [-0.3, -0.25) is 0 Å². The fourth-order valence-corrected chi connectivity index (χ4v) is 28.8. The zero-order valence-electron chi connectivity index (χ0n) is 40.1. The number of fused-ring (bicyclic) bond motifs is 9. The van der Waals surface area contributed by atoms with E-state index in [-0.39, 0.29) is 0 Å².